The van der Waals surface area contributed by atoms with Crippen LogP contribution >= 0.6 is 0 Å². The van der Waals surface area contributed by atoms with Crippen LogP contribution in [0.1, 0.15) is 5.69 Å². The number of imidazole rings is 1. The average molecular weight is 400 g/mol. The van der Waals surface area contributed by atoms with Gasteiger partial charge in [-0.2, -0.15) is 0 Å². The Hall–Kier alpha value is -4.07. The van der Waals surface area contributed by atoms with E-state index in [0.29, 0.717) is 29.3 Å². The van der Waals surface area contributed by atoms with E-state index >= 15 is 0 Å². The van der Waals surface area contributed by atoms with Gasteiger partial charge in [0, 0.05) is 12.4 Å². The molecule has 148 valence electrons. The molecule has 2 aromatic carbocycles. The van der Waals surface area contributed by atoms with E-state index in [9.17, 15) is 4.39 Å². The number of ether oxygens (including phenoxy) is 1. The van der Waals surface area contributed by atoms with Crippen LogP contribution < -0.4 is 4.74 Å². The normalized spacial score (nSPS) is 11.1. The molecule has 7 nitrogen and oxygen atoms in total. The predicted octanol–water partition coefficient (Wildman–Crippen LogP) is 3.83. The van der Waals surface area contributed by atoms with Gasteiger partial charge in [0.25, 0.3) is 0 Å². The Morgan fingerprint density at radius 1 is 0.933 bits per heavy atom. The van der Waals surface area contributed by atoms with Crippen LogP contribution in [0, 0.1) is 5.82 Å². The Labute approximate surface area is 171 Å². The first kappa shape index (κ1) is 18.0. The molecule has 0 aliphatic carbocycles. The largest absolute Gasteiger partial charge is 0.497 e. The minimum atomic E-state index is -0.337. The van der Waals surface area contributed by atoms with Gasteiger partial charge in [0.1, 0.15) is 23.0 Å². The Morgan fingerprint density at radius 2 is 1.73 bits per heavy atom. The van der Waals surface area contributed by atoms with E-state index in [1.807, 2.05) is 53.5 Å². The quantitative estimate of drug-likeness (QED) is 0.448. The van der Waals surface area contributed by atoms with E-state index < -0.39 is 0 Å². The maximum atomic E-state index is 14.0. The van der Waals surface area contributed by atoms with Crippen LogP contribution in [-0.4, -0.2) is 36.6 Å². The highest BCUT2D eigenvalue weighted by molar-refractivity contribution is 5.65. The van der Waals surface area contributed by atoms with Crippen molar-refractivity contribution < 1.29 is 9.13 Å². The van der Waals surface area contributed by atoms with Crippen molar-refractivity contribution in [2.45, 2.75) is 6.54 Å². The Kier molecular flexibility index (Phi) is 4.44. The van der Waals surface area contributed by atoms with E-state index in [0.717, 1.165) is 17.1 Å². The maximum absolute atomic E-state index is 14.0. The summed E-state index contributed by atoms with van der Waals surface area (Å²) < 4.78 is 22.9. The fourth-order valence-electron chi connectivity index (χ4n) is 3.23. The van der Waals surface area contributed by atoms with E-state index in [1.165, 1.54) is 6.07 Å². The van der Waals surface area contributed by atoms with Gasteiger partial charge in [0.2, 0.25) is 0 Å². The highest BCUT2D eigenvalue weighted by Crippen LogP contribution is 2.26. The maximum Gasteiger partial charge on any atom is 0.163 e. The first-order valence-electron chi connectivity index (χ1n) is 9.34. The monoisotopic (exact) mass is 400 g/mol. The molecule has 3 aromatic rings. The lowest BCUT2D eigenvalue weighted by Gasteiger charge is -2.05. The zero-order valence-corrected chi connectivity index (χ0v) is 16.1. The standard InChI is InChI=1S/C22H17FN6O/c1-30-17-8-6-16(7-9-17)29-13-15(26-27-29)12-28-11-10-20-21(14-28)25-22(24-20)18-4-2-3-5-19(18)23/h2-11,13-14H,12H2,1H3. The first-order valence-corrected chi connectivity index (χ1v) is 9.34. The SMILES string of the molecule is COc1ccc(-n2cc(Cn3ccc4nc(-c5ccccc5F)nc-4c3)nn2)cc1. The lowest BCUT2D eigenvalue weighted by Crippen LogP contribution is -2.01. The number of aromatic nitrogens is 6. The topological polar surface area (TPSA) is 70.7 Å². The molecule has 0 saturated heterocycles. The number of hydrogen-bond donors (Lipinski definition) is 0. The Morgan fingerprint density at radius 3 is 2.53 bits per heavy atom. The molecule has 30 heavy (non-hydrogen) atoms. The first-order chi connectivity index (χ1) is 14.7. The van der Waals surface area contributed by atoms with Gasteiger partial charge in [-0.1, -0.05) is 17.3 Å². The minimum absolute atomic E-state index is 0.337. The molecular formula is C22H17FN6O. The number of halogens is 1. The van der Waals surface area contributed by atoms with Crippen LogP contribution in [0.25, 0.3) is 28.5 Å². The van der Waals surface area contributed by atoms with Crippen molar-refractivity contribution in [3.05, 3.63) is 84.7 Å². The van der Waals surface area contributed by atoms with Gasteiger partial charge in [-0.05, 0) is 42.5 Å². The molecule has 0 fully saturated rings. The summed E-state index contributed by atoms with van der Waals surface area (Å²) in [6.45, 7) is 0.522. The third-order valence-corrected chi connectivity index (χ3v) is 4.76. The fourth-order valence-corrected chi connectivity index (χ4v) is 3.23. The summed E-state index contributed by atoms with van der Waals surface area (Å²) in [5.74, 6) is 0.829. The third kappa shape index (κ3) is 3.39. The lowest BCUT2D eigenvalue weighted by molar-refractivity contribution is 0.414. The molecule has 8 heteroatoms. The van der Waals surface area contributed by atoms with Crippen molar-refractivity contribution in [2.24, 2.45) is 0 Å². The second kappa shape index (κ2) is 7.40. The fraction of sp³-hybridized carbons (Fsp3) is 0.0909. The third-order valence-electron chi connectivity index (χ3n) is 4.76. The summed E-state index contributed by atoms with van der Waals surface area (Å²) in [5, 5.41) is 8.45. The zero-order chi connectivity index (χ0) is 20.5. The van der Waals surface area contributed by atoms with Crippen molar-refractivity contribution >= 4 is 0 Å². The minimum Gasteiger partial charge on any atom is -0.497 e. The van der Waals surface area contributed by atoms with Crippen molar-refractivity contribution in [3.8, 4) is 34.2 Å². The van der Waals surface area contributed by atoms with Crippen molar-refractivity contribution in [2.75, 3.05) is 7.11 Å². The molecule has 0 saturated carbocycles. The van der Waals surface area contributed by atoms with Crippen LogP contribution in [0.5, 0.6) is 5.75 Å². The summed E-state index contributed by atoms with van der Waals surface area (Å²) in [5.41, 5.74) is 3.49. The molecule has 2 aliphatic heterocycles. The van der Waals surface area contributed by atoms with Gasteiger partial charge in [0.15, 0.2) is 5.82 Å². The summed E-state index contributed by atoms with van der Waals surface area (Å²) in [7, 11) is 1.63. The molecule has 0 atom stereocenters. The van der Waals surface area contributed by atoms with Gasteiger partial charge in [-0.3, -0.25) is 0 Å². The Bertz CT molecular complexity index is 1280. The van der Waals surface area contributed by atoms with Crippen LogP contribution in [0.15, 0.2) is 73.2 Å². The molecular weight excluding hydrogens is 383 g/mol. The molecule has 0 radical (unpaired) electrons. The highest BCUT2D eigenvalue weighted by Gasteiger charge is 2.15. The van der Waals surface area contributed by atoms with Crippen molar-refractivity contribution in [3.63, 3.8) is 0 Å². The summed E-state index contributed by atoms with van der Waals surface area (Å²) >= 11 is 0. The van der Waals surface area contributed by atoms with Gasteiger partial charge in [-0.15, -0.1) is 5.10 Å². The molecule has 0 bridgehead atoms. The number of pyridine rings is 1. The molecule has 0 spiro atoms. The van der Waals surface area contributed by atoms with Gasteiger partial charge in [-0.25, -0.2) is 19.0 Å². The number of fused-ring (bicyclic) bond motifs is 1. The van der Waals surface area contributed by atoms with Gasteiger partial charge >= 0.3 is 0 Å². The Balaban J connectivity index is 1.39. The second-order valence-corrected chi connectivity index (χ2v) is 6.77. The number of hydrogen-bond acceptors (Lipinski definition) is 5. The molecule has 0 unspecified atom stereocenters. The number of rotatable bonds is 5. The van der Waals surface area contributed by atoms with E-state index in [-0.39, 0.29) is 5.82 Å². The molecule has 2 aliphatic rings. The molecule has 1 aromatic heterocycles. The van der Waals surface area contributed by atoms with E-state index in [1.54, 1.807) is 30.0 Å². The molecule has 3 heterocycles. The predicted molar refractivity (Wildman–Crippen MR) is 109 cm³/mol. The summed E-state index contributed by atoms with van der Waals surface area (Å²) in [6.07, 6.45) is 5.65. The van der Waals surface area contributed by atoms with Gasteiger partial charge < -0.3 is 9.30 Å². The number of benzene rings is 2. The smallest absolute Gasteiger partial charge is 0.163 e. The van der Waals surface area contributed by atoms with Gasteiger partial charge in [0.05, 0.1) is 36.8 Å². The van der Waals surface area contributed by atoms with E-state index in [4.69, 9.17) is 4.74 Å². The molecule has 0 N–H and O–H groups in total. The lowest BCUT2D eigenvalue weighted by atomic mass is 10.2. The average Bonchev–Trinajstić information content (AvgIpc) is 3.41. The van der Waals surface area contributed by atoms with E-state index in [2.05, 4.69) is 20.3 Å². The van der Waals surface area contributed by atoms with Crippen LogP contribution in [0.2, 0.25) is 0 Å². The summed E-state index contributed by atoms with van der Waals surface area (Å²) in [4.78, 5) is 8.93. The van der Waals surface area contributed by atoms with Crippen LogP contribution in [0.3, 0.4) is 0 Å². The van der Waals surface area contributed by atoms with Crippen molar-refractivity contribution in [1.82, 2.24) is 29.5 Å². The van der Waals surface area contributed by atoms with Crippen molar-refractivity contribution in [1.29, 1.82) is 0 Å². The number of methoxy groups -OCH3 is 1. The molecule has 5 rings (SSSR count). The van der Waals surface area contributed by atoms with Crippen LogP contribution in [-0.2, 0) is 6.54 Å². The zero-order valence-electron chi connectivity index (χ0n) is 16.1. The second-order valence-electron chi connectivity index (χ2n) is 6.77. The molecule has 0 amide bonds. The summed E-state index contributed by atoms with van der Waals surface area (Å²) in [6, 6.07) is 15.9. The van der Waals surface area contributed by atoms with Crippen LogP contribution in [0.4, 0.5) is 4.39 Å². The highest BCUT2D eigenvalue weighted by atomic mass is 19.1. The number of nitrogens with zero attached hydrogens (tertiary/aromatic N) is 6.